The van der Waals surface area contributed by atoms with Crippen LogP contribution in [-0.4, -0.2) is 21.6 Å². The van der Waals surface area contributed by atoms with Gasteiger partial charge in [0.1, 0.15) is 5.69 Å². The maximum absolute atomic E-state index is 12.0. The fourth-order valence-corrected chi connectivity index (χ4v) is 1.81. The zero-order valence-electron chi connectivity index (χ0n) is 11.4. The van der Waals surface area contributed by atoms with Crippen LogP contribution in [0.4, 0.5) is 0 Å². The highest BCUT2D eigenvalue weighted by Gasteiger charge is 2.21. The molecule has 0 saturated heterocycles. The topological polar surface area (TPSA) is 57.8 Å². The molecule has 0 saturated carbocycles. The monoisotopic (exact) mass is 237 g/mol. The number of rotatable bonds is 5. The minimum atomic E-state index is -0.178. The van der Waals surface area contributed by atoms with E-state index < -0.39 is 0 Å². The predicted octanol–water partition coefficient (Wildman–Crippen LogP) is 2.84. The van der Waals surface area contributed by atoms with Gasteiger partial charge in [-0.1, -0.05) is 27.2 Å². The Bertz CT molecular complexity index is 380. The average Bonchev–Trinajstić information content (AvgIpc) is 2.64. The second-order valence-corrected chi connectivity index (χ2v) is 5.45. The number of nitrogens with one attached hydrogen (secondary N) is 2. The molecule has 1 aromatic rings. The SMILES string of the molecule is CCCC(C)(C)NC(=O)c1cc(C(C)C)[nH]n1. The third-order valence-electron chi connectivity index (χ3n) is 2.78. The van der Waals surface area contributed by atoms with E-state index in [9.17, 15) is 4.79 Å². The lowest BCUT2D eigenvalue weighted by atomic mass is 9.99. The average molecular weight is 237 g/mol. The molecule has 96 valence electrons. The number of hydrogen-bond acceptors (Lipinski definition) is 2. The molecule has 0 bridgehead atoms. The second-order valence-electron chi connectivity index (χ2n) is 5.45. The molecular formula is C13H23N3O. The number of nitrogens with zero attached hydrogens (tertiary/aromatic N) is 1. The molecule has 0 aliphatic carbocycles. The van der Waals surface area contributed by atoms with Crippen molar-refractivity contribution in [2.75, 3.05) is 0 Å². The van der Waals surface area contributed by atoms with E-state index in [1.165, 1.54) is 0 Å². The Kier molecular flexibility index (Phi) is 4.32. The lowest BCUT2D eigenvalue weighted by Gasteiger charge is -2.25. The maximum Gasteiger partial charge on any atom is 0.272 e. The first kappa shape index (κ1) is 13.7. The van der Waals surface area contributed by atoms with Crippen LogP contribution in [0.1, 0.15) is 69.6 Å². The van der Waals surface area contributed by atoms with Crippen molar-refractivity contribution in [3.63, 3.8) is 0 Å². The van der Waals surface area contributed by atoms with Gasteiger partial charge in [0.2, 0.25) is 0 Å². The summed E-state index contributed by atoms with van der Waals surface area (Å²) in [7, 11) is 0. The number of carbonyl (C=O) groups excluding carboxylic acids is 1. The normalized spacial score (nSPS) is 11.9. The van der Waals surface area contributed by atoms with E-state index in [0.717, 1.165) is 18.5 Å². The summed E-state index contributed by atoms with van der Waals surface area (Å²) in [5.41, 5.74) is 1.28. The van der Waals surface area contributed by atoms with E-state index in [4.69, 9.17) is 0 Å². The van der Waals surface area contributed by atoms with Gasteiger partial charge in [0.05, 0.1) is 0 Å². The Hall–Kier alpha value is -1.32. The molecule has 1 amide bonds. The molecule has 0 spiro atoms. The molecule has 0 radical (unpaired) electrons. The second kappa shape index (κ2) is 5.34. The van der Waals surface area contributed by atoms with Gasteiger partial charge in [0, 0.05) is 11.2 Å². The highest BCUT2D eigenvalue weighted by atomic mass is 16.2. The number of aromatic nitrogens is 2. The summed E-state index contributed by atoms with van der Waals surface area (Å²) in [6.07, 6.45) is 2.01. The molecule has 2 N–H and O–H groups in total. The molecule has 4 heteroatoms. The van der Waals surface area contributed by atoms with Crippen LogP contribution < -0.4 is 5.32 Å². The van der Waals surface area contributed by atoms with E-state index in [0.29, 0.717) is 11.6 Å². The minimum absolute atomic E-state index is 0.105. The maximum atomic E-state index is 12.0. The van der Waals surface area contributed by atoms with Crippen molar-refractivity contribution in [1.29, 1.82) is 0 Å². The molecule has 0 aliphatic heterocycles. The van der Waals surface area contributed by atoms with Gasteiger partial charge in [-0.25, -0.2) is 0 Å². The minimum Gasteiger partial charge on any atom is -0.346 e. The molecule has 0 aromatic carbocycles. The molecule has 1 rings (SSSR count). The Morgan fingerprint density at radius 1 is 1.53 bits per heavy atom. The highest BCUT2D eigenvalue weighted by molar-refractivity contribution is 5.92. The van der Waals surface area contributed by atoms with Crippen molar-refractivity contribution in [1.82, 2.24) is 15.5 Å². The summed E-state index contributed by atoms with van der Waals surface area (Å²) in [4.78, 5) is 12.0. The molecule has 1 heterocycles. The Labute approximate surface area is 103 Å². The Morgan fingerprint density at radius 3 is 2.65 bits per heavy atom. The van der Waals surface area contributed by atoms with Crippen molar-refractivity contribution < 1.29 is 4.79 Å². The highest BCUT2D eigenvalue weighted by Crippen LogP contribution is 2.14. The largest absolute Gasteiger partial charge is 0.346 e. The van der Waals surface area contributed by atoms with Crippen LogP contribution in [0.5, 0.6) is 0 Å². The van der Waals surface area contributed by atoms with Gasteiger partial charge in [-0.15, -0.1) is 0 Å². The van der Waals surface area contributed by atoms with Crippen LogP contribution in [0.25, 0.3) is 0 Å². The van der Waals surface area contributed by atoms with E-state index in [-0.39, 0.29) is 11.4 Å². The number of aromatic amines is 1. The van der Waals surface area contributed by atoms with Gasteiger partial charge >= 0.3 is 0 Å². The summed E-state index contributed by atoms with van der Waals surface area (Å²) in [6, 6.07) is 1.82. The van der Waals surface area contributed by atoms with Crippen molar-refractivity contribution in [3.05, 3.63) is 17.5 Å². The molecule has 17 heavy (non-hydrogen) atoms. The summed E-state index contributed by atoms with van der Waals surface area (Å²) < 4.78 is 0. The van der Waals surface area contributed by atoms with Crippen molar-refractivity contribution in [2.24, 2.45) is 0 Å². The summed E-state index contributed by atoms with van der Waals surface area (Å²) >= 11 is 0. The number of hydrogen-bond donors (Lipinski definition) is 2. The number of amides is 1. The van der Waals surface area contributed by atoms with E-state index in [1.807, 2.05) is 19.9 Å². The van der Waals surface area contributed by atoms with Crippen molar-refractivity contribution >= 4 is 5.91 Å². The fourth-order valence-electron chi connectivity index (χ4n) is 1.81. The Morgan fingerprint density at radius 2 is 2.18 bits per heavy atom. The standard InChI is InChI=1S/C13H23N3O/c1-6-7-13(4,5)14-12(17)11-8-10(9(2)3)15-16-11/h8-9H,6-7H2,1-5H3,(H,14,17)(H,15,16). The number of H-pyrrole nitrogens is 1. The fraction of sp³-hybridized carbons (Fsp3) is 0.692. The van der Waals surface area contributed by atoms with Gasteiger partial charge in [0.15, 0.2) is 0 Å². The van der Waals surface area contributed by atoms with E-state index >= 15 is 0 Å². The molecule has 4 nitrogen and oxygen atoms in total. The van der Waals surface area contributed by atoms with Gasteiger partial charge in [-0.2, -0.15) is 5.10 Å². The zero-order valence-corrected chi connectivity index (χ0v) is 11.4. The van der Waals surface area contributed by atoms with Crippen LogP contribution in [0.15, 0.2) is 6.07 Å². The van der Waals surface area contributed by atoms with Gasteiger partial charge < -0.3 is 5.32 Å². The van der Waals surface area contributed by atoms with Crippen LogP contribution in [-0.2, 0) is 0 Å². The molecule has 1 aromatic heterocycles. The first-order valence-electron chi connectivity index (χ1n) is 6.23. The van der Waals surface area contributed by atoms with Crippen molar-refractivity contribution in [2.45, 2.75) is 58.9 Å². The van der Waals surface area contributed by atoms with E-state index in [1.54, 1.807) is 0 Å². The van der Waals surface area contributed by atoms with E-state index in [2.05, 4.69) is 36.3 Å². The zero-order chi connectivity index (χ0) is 13.1. The number of carbonyl (C=O) groups is 1. The lowest BCUT2D eigenvalue weighted by Crippen LogP contribution is -2.43. The van der Waals surface area contributed by atoms with Gasteiger partial charge in [-0.3, -0.25) is 9.89 Å². The molecular weight excluding hydrogens is 214 g/mol. The molecule has 0 aliphatic rings. The smallest absolute Gasteiger partial charge is 0.272 e. The van der Waals surface area contributed by atoms with Crippen LogP contribution >= 0.6 is 0 Å². The third kappa shape index (κ3) is 3.88. The van der Waals surface area contributed by atoms with Crippen LogP contribution in [0.2, 0.25) is 0 Å². The van der Waals surface area contributed by atoms with Crippen LogP contribution in [0, 0.1) is 0 Å². The predicted molar refractivity (Wildman–Crippen MR) is 69.1 cm³/mol. The van der Waals surface area contributed by atoms with Crippen molar-refractivity contribution in [3.8, 4) is 0 Å². The summed E-state index contributed by atoms with van der Waals surface area (Å²) in [6.45, 7) is 10.3. The molecule has 0 unspecified atom stereocenters. The Balaban J connectivity index is 2.69. The van der Waals surface area contributed by atoms with Crippen LogP contribution in [0.3, 0.4) is 0 Å². The van der Waals surface area contributed by atoms with Gasteiger partial charge in [-0.05, 0) is 32.3 Å². The lowest BCUT2D eigenvalue weighted by molar-refractivity contribution is 0.0904. The first-order chi connectivity index (χ1) is 7.85. The quantitative estimate of drug-likeness (QED) is 0.827. The third-order valence-corrected chi connectivity index (χ3v) is 2.78. The molecule has 0 fully saturated rings. The van der Waals surface area contributed by atoms with Gasteiger partial charge in [0.25, 0.3) is 5.91 Å². The first-order valence-corrected chi connectivity index (χ1v) is 6.23. The summed E-state index contributed by atoms with van der Waals surface area (Å²) in [5.74, 6) is 0.249. The molecule has 0 atom stereocenters. The summed E-state index contributed by atoms with van der Waals surface area (Å²) in [5, 5.41) is 9.94.